The van der Waals surface area contributed by atoms with Gasteiger partial charge in [0.2, 0.25) is 0 Å². The Hall–Kier alpha value is -2.42. The molecule has 0 saturated heterocycles. The van der Waals surface area contributed by atoms with Crippen molar-refractivity contribution in [3.05, 3.63) is 64.7 Å². The summed E-state index contributed by atoms with van der Waals surface area (Å²) in [6.45, 7) is 2.68. The fourth-order valence-corrected chi connectivity index (χ4v) is 2.79. The molecule has 2 aromatic carbocycles. The van der Waals surface area contributed by atoms with Gasteiger partial charge in [-0.2, -0.15) is 0 Å². The number of hydrogen-bond donors (Lipinski definition) is 0. The van der Waals surface area contributed by atoms with E-state index in [9.17, 15) is 4.79 Å². The van der Waals surface area contributed by atoms with Gasteiger partial charge in [0.1, 0.15) is 5.84 Å². The monoisotopic (exact) mass is 248 g/mol. The molecule has 2 aromatic rings. The maximum atomic E-state index is 12.4. The lowest BCUT2D eigenvalue weighted by Crippen LogP contribution is -2.32. The van der Waals surface area contributed by atoms with Crippen LogP contribution in [0.4, 0.5) is 5.69 Å². The molecular formula is C16H12N2O. The number of nitrogens with zero attached hydrogens (tertiary/aromatic N) is 2. The molecule has 3 heteroatoms. The van der Waals surface area contributed by atoms with Gasteiger partial charge in [0, 0.05) is 11.1 Å². The summed E-state index contributed by atoms with van der Waals surface area (Å²) < 4.78 is 0. The molecule has 19 heavy (non-hydrogen) atoms. The van der Waals surface area contributed by atoms with E-state index in [4.69, 9.17) is 0 Å². The maximum absolute atomic E-state index is 12.4. The van der Waals surface area contributed by atoms with Gasteiger partial charge >= 0.3 is 0 Å². The summed E-state index contributed by atoms with van der Waals surface area (Å²) in [6.07, 6.45) is 0. The van der Waals surface area contributed by atoms with E-state index in [1.165, 1.54) is 5.56 Å². The number of amidine groups is 1. The first-order valence-electron chi connectivity index (χ1n) is 6.34. The first kappa shape index (κ1) is 10.5. The summed E-state index contributed by atoms with van der Waals surface area (Å²) in [5.74, 6) is 0.849. The highest BCUT2D eigenvalue weighted by Gasteiger charge is 2.36. The highest BCUT2D eigenvalue weighted by atomic mass is 16.2. The molecule has 0 atom stereocenters. The van der Waals surface area contributed by atoms with Gasteiger partial charge in [0.15, 0.2) is 0 Å². The van der Waals surface area contributed by atoms with Crippen LogP contribution in [0, 0.1) is 6.92 Å². The first-order chi connectivity index (χ1) is 9.25. The number of hydrogen-bond acceptors (Lipinski definition) is 2. The topological polar surface area (TPSA) is 32.7 Å². The molecule has 2 aliphatic rings. The lowest BCUT2D eigenvalue weighted by Gasteiger charge is -2.24. The Morgan fingerprint density at radius 2 is 1.84 bits per heavy atom. The van der Waals surface area contributed by atoms with Crippen molar-refractivity contribution in [3.63, 3.8) is 0 Å². The lowest BCUT2D eigenvalue weighted by atomic mass is 10.0. The van der Waals surface area contributed by atoms with Crippen molar-refractivity contribution in [1.82, 2.24) is 4.90 Å². The van der Waals surface area contributed by atoms with E-state index in [1.807, 2.05) is 36.4 Å². The summed E-state index contributed by atoms with van der Waals surface area (Å²) in [5, 5.41) is 0. The fourth-order valence-electron chi connectivity index (χ4n) is 2.79. The molecule has 3 nitrogen and oxygen atoms in total. The minimum Gasteiger partial charge on any atom is -0.288 e. The van der Waals surface area contributed by atoms with E-state index in [2.05, 4.69) is 18.0 Å². The maximum Gasteiger partial charge on any atom is 0.260 e. The first-order valence-corrected chi connectivity index (χ1v) is 6.34. The van der Waals surface area contributed by atoms with Crippen LogP contribution < -0.4 is 0 Å². The zero-order chi connectivity index (χ0) is 13.0. The smallest absolute Gasteiger partial charge is 0.260 e. The number of benzene rings is 2. The van der Waals surface area contributed by atoms with Gasteiger partial charge < -0.3 is 0 Å². The third-order valence-electron chi connectivity index (χ3n) is 3.83. The Balaban J connectivity index is 1.97. The van der Waals surface area contributed by atoms with E-state index >= 15 is 0 Å². The van der Waals surface area contributed by atoms with Crippen LogP contribution in [0.15, 0.2) is 47.5 Å². The van der Waals surface area contributed by atoms with Crippen molar-refractivity contribution >= 4 is 17.4 Å². The average molecular weight is 248 g/mol. The second-order valence-corrected chi connectivity index (χ2v) is 4.94. The minimum absolute atomic E-state index is 0.0586. The van der Waals surface area contributed by atoms with Gasteiger partial charge in [-0.25, -0.2) is 4.99 Å². The zero-order valence-electron chi connectivity index (χ0n) is 10.6. The largest absolute Gasteiger partial charge is 0.288 e. The second kappa shape index (κ2) is 3.54. The Bertz CT molecular complexity index is 746. The van der Waals surface area contributed by atoms with Crippen molar-refractivity contribution in [2.45, 2.75) is 13.5 Å². The van der Waals surface area contributed by atoms with Crippen LogP contribution in [0.1, 0.15) is 27.0 Å². The van der Waals surface area contributed by atoms with Crippen LogP contribution in [-0.4, -0.2) is 16.6 Å². The second-order valence-electron chi connectivity index (χ2n) is 4.94. The summed E-state index contributed by atoms with van der Waals surface area (Å²) >= 11 is 0. The molecule has 0 saturated carbocycles. The molecule has 0 fully saturated rings. The molecule has 4 rings (SSSR count). The van der Waals surface area contributed by atoms with Crippen LogP contribution in [0.5, 0.6) is 0 Å². The number of rotatable bonds is 0. The van der Waals surface area contributed by atoms with Crippen molar-refractivity contribution in [3.8, 4) is 0 Å². The van der Waals surface area contributed by atoms with Gasteiger partial charge in [0.05, 0.1) is 17.8 Å². The molecule has 0 radical (unpaired) electrons. The molecule has 2 aliphatic heterocycles. The SMILES string of the molecule is Cc1cccc2c1CN1C(=O)c3ccccc3C1=N2. The molecule has 0 N–H and O–H groups in total. The highest BCUT2D eigenvalue weighted by Crippen LogP contribution is 2.35. The van der Waals surface area contributed by atoms with Gasteiger partial charge in [0.25, 0.3) is 5.91 Å². The zero-order valence-corrected chi connectivity index (χ0v) is 10.6. The molecule has 0 spiro atoms. The van der Waals surface area contributed by atoms with E-state index in [1.54, 1.807) is 4.90 Å². The van der Waals surface area contributed by atoms with Crippen LogP contribution in [-0.2, 0) is 6.54 Å². The van der Waals surface area contributed by atoms with Crippen LogP contribution in [0.25, 0.3) is 0 Å². The predicted molar refractivity (Wildman–Crippen MR) is 73.7 cm³/mol. The molecule has 0 aromatic heterocycles. The normalized spacial score (nSPS) is 15.7. The Labute approximate surface area is 111 Å². The lowest BCUT2D eigenvalue weighted by molar-refractivity contribution is 0.0851. The van der Waals surface area contributed by atoms with E-state index < -0.39 is 0 Å². The van der Waals surface area contributed by atoms with E-state index in [0.29, 0.717) is 6.54 Å². The molecule has 2 heterocycles. The Morgan fingerprint density at radius 3 is 2.68 bits per heavy atom. The summed E-state index contributed by atoms with van der Waals surface area (Å²) in [6, 6.07) is 13.8. The van der Waals surface area contributed by atoms with Crippen molar-refractivity contribution in [1.29, 1.82) is 0 Å². The molecule has 1 amide bonds. The molecule has 0 bridgehead atoms. The van der Waals surface area contributed by atoms with Gasteiger partial charge in [-0.15, -0.1) is 0 Å². The van der Waals surface area contributed by atoms with E-state index in [-0.39, 0.29) is 5.91 Å². The molecule has 0 aliphatic carbocycles. The highest BCUT2D eigenvalue weighted by molar-refractivity contribution is 6.24. The average Bonchev–Trinajstić information content (AvgIpc) is 2.72. The standard InChI is InChI=1S/C16H12N2O/c1-10-5-4-8-14-13(10)9-18-15(17-14)11-6-2-3-7-12(11)16(18)19/h2-8H,9H2,1H3. The van der Waals surface area contributed by atoms with E-state index in [0.717, 1.165) is 28.2 Å². The molecule has 92 valence electrons. The number of carbonyl (C=O) groups is 1. The van der Waals surface area contributed by atoms with Crippen LogP contribution in [0.3, 0.4) is 0 Å². The van der Waals surface area contributed by atoms with Gasteiger partial charge in [-0.05, 0) is 24.6 Å². The predicted octanol–water partition coefficient (Wildman–Crippen LogP) is 3.04. The Morgan fingerprint density at radius 1 is 1.05 bits per heavy atom. The third-order valence-corrected chi connectivity index (χ3v) is 3.83. The van der Waals surface area contributed by atoms with Crippen LogP contribution in [0.2, 0.25) is 0 Å². The van der Waals surface area contributed by atoms with Crippen molar-refractivity contribution in [2.75, 3.05) is 0 Å². The van der Waals surface area contributed by atoms with Gasteiger partial charge in [-0.3, -0.25) is 9.69 Å². The minimum atomic E-state index is 0.0586. The van der Waals surface area contributed by atoms with Crippen LogP contribution >= 0.6 is 0 Å². The summed E-state index contributed by atoms with van der Waals surface area (Å²) in [4.78, 5) is 18.9. The van der Waals surface area contributed by atoms with Crippen molar-refractivity contribution in [2.24, 2.45) is 4.99 Å². The fraction of sp³-hybridized carbons (Fsp3) is 0.125. The number of aryl methyl sites for hydroxylation is 1. The number of aliphatic imine (C=N–C) groups is 1. The van der Waals surface area contributed by atoms with Gasteiger partial charge in [-0.1, -0.05) is 30.3 Å². The quantitative estimate of drug-likeness (QED) is 0.705. The summed E-state index contributed by atoms with van der Waals surface area (Å²) in [5.41, 5.74) is 5.01. The number of amides is 1. The molecular weight excluding hydrogens is 236 g/mol. The number of carbonyl (C=O) groups excluding carboxylic acids is 1. The third kappa shape index (κ3) is 1.32. The summed E-state index contributed by atoms with van der Waals surface area (Å²) in [7, 11) is 0. The number of fused-ring (bicyclic) bond motifs is 4. The molecule has 0 unspecified atom stereocenters. The van der Waals surface area contributed by atoms with Crippen molar-refractivity contribution < 1.29 is 4.79 Å². The Kier molecular flexibility index (Phi) is 1.96.